The van der Waals surface area contributed by atoms with Crippen molar-refractivity contribution in [3.8, 4) is 0 Å². The second-order valence-corrected chi connectivity index (χ2v) is 2.83. The highest BCUT2D eigenvalue weighted by molar-refractivity contribution is 6.51. The molecule has 0 radical (unpaired) electrons. The molecule has 0 aliphatic heterocycles. The fourth-order valence-electron chi connectivity index (χ4n) is 0.136. The molecule has 0 aromatic heterocycles. The first-order valence-electron chi connectivity index (χ1n) is 1.82. The minimum atomic E-state index is -0.797. The summed E-state index contributed by atoms with van der Waals surface area (Å²) >= 11 is 15.8. The van der Waals surface area contributed by atoms with Crippen molar-refractivity contribution in [1.82, 2.24) is 0 Å². The molecular weight excluding hydrogens is 170 g/mol. The normalized spacial score (nSPS) is 14.0. The third-order valence-corrected chi connectivity index (χ3v) is 1.77. The molecule has 48 valence electrons. The summed E-state index contributed by atoms with van der Waals surface area (Å²) < 4.78 is 0. The van der Waals surface area contributed by atoms with Gasteiger partial charge in [-0.25, -0.2) is 0 Å². The number of amidine groups is 1. The van der Waals surface area contributed by atoms with Gasteiger partial charge in [-0.2, -0.15) is 0 Å². The highest BCUT2D eigenvalue weighted by Crippen LogP contribution is 2.12. The molecule has 0 saturated carbocycles. The fraction of sp³-hybridized carbons (Fsp3) is 0.667. The highest BCUT2D eigenvalue weighted by Gasteiger charge is 2.15. The molecule has 2 nitrogen and oxygen atoms in total. The summed E-state index contributed by atoms with van der Waals surface area (Å²) in [5, 5.41) is 5.94. The van der Waals surface area contributed by atoms with Crippen molar-refractivity contribution < 1.29 is 0 Å². The lowest BCUT2D eigenvalue weighted by molar-refractivity contribution is 1.16. The lowest BCUT2D eigenvalue weighted by Gasteiger charge is -2.05. The van der Waals surface area contributed by atoms with Gasteiger partial charge in [0.05, 0.1) is 0 Å². The molecule has 0 heterocycles. The molecule has 5 heteroatoms. The van der Waals surface area contributed by atoms with Crippen molar-refractivity contribution in [3.05, 3.63) is 0 Å². The van der Waals surface area contributed by atoms with E-state index in [1.165, 1.54) is 0 Å². The molecule has 0 amide bonds. The van der Waals surface area contributed by atoms with E-state index in [0.717, 1.165) is 0 Å². The molecule has 0 fully saturated rings. The molecule has 0 spiro atoms. The minimum absolute atomic E-state index is 0.207. The smallest absolute Gasteiger partial charge is 0.131 e. The van der Waals surface area contributed by atoms with E-state index in [2.05, 4.69) is 0 Å². The molecule has 3 N–H and O–H groups in total. The molecule has 0 aliphatic carbocycles. The van der Waals surface area contributed by atoms with Crippen molar-refractivity contribution in [1.29, 1.82) is 5.41 Å². The van der Waals surface area contributed by atoms with Crippen LogP contribution >= 0.6 is 34.8 Å². The zero-order chi connectivity index (χ0) is 6.73. The maximum Gasteiger partial charge on any atom is 0.131 e. The maximum absolute atomic E-state index is 6.71. The molecule has 0 aromatic rings. The Kier molecular flexibility index (Phi) is 3.53. The standard InChI is InChI=1S/C3H5Cl3N2/c4-1(2(5)6)3(7)8/h1-2H,(H3,7,8). The summed E-state index contributed by atoms with van der Waals surface area (Å²) in [4.78, 5) is -0.797. The van der Waals surface area contributed by atoms with Crippen LogP contribution in [-0.2, 0) is 0 Å². The van der Waals surface area contributed by atoms with E-state index in [0.29, 0.717) is 0 Å². The Labute approximate surface area is 62.4 Å². The van der Waals surface area contributed by atoms with Crippen LogP contribution in [-0.4, -0.2) is 16.0 Å². The summed E-state index contributed by atoms with van der Waals surface area (Å²) in [5.41, 5.74) is 4.92. The Morgan fingerprint density at radius 1 is 1.38 bits per heavy atom. The molecule has 8 heavy (non-hydrogen) atoms. The van der Waals surface area contributed by atoms with Gasteiger partial charge in [0.2, 0.25) is 0 Å². The predicted octanol–water partition coefficient (Wildman–Crippen LogP) is 1.33. The first-order chi connectivity index (χ1) is 3.55. The molecule has 1 atom stereocenters. The van der Waals surface area contributed by atoms with Crippen LogP contribution in [0, 0.1) is 5.41 Å². The van der Waals surface area contributed by atoms with Crippen LogP contribution < -0.4 is 5.73 Å². The van der Waals surface area contributed by atoms with Crippen molar-refractivity contribution in [2.45, 2.75) is 10.2 Å². The van der Waals surface area contributed by atoms with Crippen LogP contribution in [0.4, 0.5) is 0 Å². The van der Waals surface area contributed by atoms with Gasteiger partial charge in [0.15, 0.2) is 0 Å². The van der Waals surface area contributed by atoms with Gasteiger partial charge in [0.1, 0.15) is 16.0 Å². The Bertz CT molecular complexity index is 92.5. The molecule has 0 aromatic carbocycles. The molecular formula is C3H5Cl3N2. The van der Waals surface area contributed by atoms with Gasteiger partial charge < -0.3 is 5.73 Å². The molecule has 0 saturated heterocycles. The minimum Gasteiger partial charge on any atom is -0.386 e. The van der Waals surface area contributed by atoms with Crippen LogP contribution in [0.25, 0.3) is 0 Å². The van der Waals surface area contributed by atoms with Gasteiger partial charge in [-0.1, -0.05) is 0 Å². The van der Waals surface area contributed by atoms with Crippen LogP contribution in [0.1, 0.15) is 0 Å². The van der Waals surface area contributed by atoms with Gasteiger partial charge >= 0.3 is 0 Å². The molecule has 0 bridgehead atoms. The van der Waals surface area contributed by atoms with Crippen molar-refractivity contribution >= 4 is 40.6 Å². The first-order valence-corrected chi connectivity index (χ1v) is 3.12. The average Bonchev–Trinajstić information content (AvgIpc) is 1.64. The first kappa shape index (κ1) is 8.34. The number of alkyl halides is 3. The maximum atomic E-state index is 6.71. The van der Waals surface area contributed by atoms with Crippen molar-refractivity contribution in [2.75, 3.05) is 0 Å². The quantitative estimate of drug-likeness (QED) is 0.371. The van der Waals surface area contributed by atoms with Crippen LogP contribution in [0.2, 0.25) is 0 Å². The third-order valence-electron chi connectivity index (χ3n) is 0.518. The SMILES string of the molecule is N=C(N)C(Cl)C(Cl)Cl. The molecule has 0 rings (SSSR count). The zero-order valence-electron chi connectivity index (χ0n) is 3.87. The van der Waals surface area contributed by atoms with Gasteiger partial charge in [0, 0.05) is 0 Å². The van der Waals surface area contributed by atoms with E-state index in [9.17, 15) is 0 Å². The summed E-state index contributed by atoms with van der Waals surface area (Å²) in [7, 11) is 0. The Hall–Kier alpha value is 0.340. The van der Waals surface area contributed by atoms with Crippen LogP contribution in [0.5, 0.6) is 0 Å². The van der Waals surface area contributed by atoms with Crippen LogP contribution in [0.15, 0.2) is 0 Å². The van der Waals surface area contributed by atoms with E-state index in [-0.39, 0.29) is 5.84 Å². The molecule has 1 unspecified atom stereocenters. The number of nitrogens with two attached hydrogens (primary N) is 1. The Morgan fingerprint density at radius 2 is 1.75 bits per heavy atom. The van der Waals surface area contributed by atoms with Gasteiger partial charge in [0.25, 0.3) is 0 Å². The zero-order valence-corrected chi connectivity index (χ0v) is 6.13. The van der Waals surface area contributed by atoms with Crippen molar-refractivity contribution in [2.24, 2.45) is 5.73 Å². The third kappa shape index (κ3) is 2.60. The fourth-order valence-corrected chi connectivity index (χ4v) is 0.407. The largest absolute Gasteiger partial charge is 0.386 e. The van der Waals surface area contributed by atoms with E-state index in [4.69, 9.17) is 45.9 Å². The summed E-state index contributed by atoms with van der Waals surface area (Å²) in [6.45, 7) is 0. The van der Waals surface area contributed by atoms with E-state index >= 15 is 0 Å². The summed E-state index contributed by atoms with van der Waals surface area (Å²) in [6, 6.07) is 0. The summed E-state index contributed by atoms with van der Waals surface area (Å²) in [5.74, 6) is -0.207. The number of hydrogen-bond donors (Lipinski definition) is 2. The van der Waals surface area contributed by atoms with E-state index < -0.39 is 10.2 Å². The number of hydrogen-bond acceptors (Lipinski definition) is 1. The topological polar surface area (TPSA) is 49.9 Å². The predicted molar refractivity (Wildman–Crippen MR) is 37.0 cm³/mol. The monoisotopic (exact) mass is 174 g/mol. The Balaban J connectivity index is 3.64. The Morgan fingerprint density at radius 3 is 1.75 bits per heavy atom. The highest BCUT2D eigenvalue weighted by atomic mass is 35.5. The van der Waals surface area contributed by atoms with Crippen molar-refractivity contribution in [3.63, 3.8) is 0 Å². The van der Waals surface area contributed by atoms with Gasteiger partial charge in [-0.15, -0.1) is 34.8 Å². The van der Waals surface area contributed by atoms with Gasteiger partial charge in [-0.05, 0) is 0 Å². The number of halogens is 3. The molecule has 0 aliphatic rings. The van der Waals surface area contributed by atoms with E-state index in [1.54, 1.807) is 0 Å². The second kappa shape index (κ2) is 3.38. The average molecular weight is 175 g/mol. The second-order valence-electron chi connectivity index (χ2n) is 1.19. The van der Waals surface area contributed by atoms with E-state index in [1.807, 2.05) is 0 Å². The summed E-state index contributed by atoms with van der Waals surface area (Å²) in [6.07, 6.45) is 0. The number of nitrogens with one attached hydrogen (secondary N) is 1. The lowest BCUT2D eigenvalue weighted by atomic mass is 10.4. The van der Waals surface area contributed by atoms with Gasteiger partial charge in [-0.3, -0.25) is 5.41 Å². The van der Waals surface area contributed by atoms with Crippen LogP contribution in [0.3, 0.4) is 0 Å². The number of rotatable bonds is 2. The lowest BCUT2D eigenvalue weighted by Crippen LogP contribution is -2.27.